The summed E-state index contributed by atoms with van der Waals surface area (Å²) in [5.41, 5.74) is 3.17. The van der Waals surface area contributed by atoms with Crippen molar-refractivity contribution in [3.8, 4) is 0 Å². The fraction of sp³-hybridized carbons (Fsp3) is 1.00. The van der Waals surface area contributed by atoms with Gasteiger partial charge in [-0.25, -0.2) is 0 Å². The molecule has 2 unspecified atom stereocenters. The molecule has 0 radical (unpaired) electrons. The van der Waals surface area contributed by atoms with Crippen LogP contribution in [0.1, 0.15) is 46.5 Å². The molecule has 88 valence electrons. The van der Waals surface area contributed by atoms with Crippen LogP contribution < -0.4 is 5.48 Å². The zero-order chi connectivity index (χ0) is 10.9. The summed E-state index contributed by atoms with van der Waals surface area (Å²) in [4.78, 5) is 8.28. The van der Waals surface area contributed by atoms with Crippen LogP contribution in [0.4, 0.5) is 0 Å². The molecule has 0 aromatic rings. The molecule has 2 aliphatic heterocycles. The van der Waals surface area contributed by atoms with E-state index in [0.717, 1.165) is 6.04 Å². The Morgan fingerprint density at radius 2 is 2.00 bits per heavy atom. The first kappa shape index (κ1) is 11.4. The fourth-order valence-electron chi connectivity index (χ4n) is 2.59. The highest BCUT2D eigenvalue weighted by atomic mass is 16.7. The first-order valence-corrected chi connectivity index (χ1v) is 6.22. The molecular weight excluding hydrogens is 188 g/mol. The quantitative estimate of drug-likeness (QED) is 0.708. The van der Waals surface area contributed by atoms with Crippen LogP contribution in [0.25, 0.3) is 0 Å². The van der Waals surface area contributed by atoms with Crippen molar-refractivity contribution in [1.29, 1.82) is 0 Å². The summed E-state index contributed by atoms with van der Waals surface area (Å²) in [6, 6.07) is 1.38. The monoisotopic (exact) mass is 212 g/mol. The topological polar surface area (TPSA) is 24.5 Å². The van der Waals surface area contributed by atoms with Crippen LogP contribution in [0.15, 0.2) is 0 Å². The van der Waals surface area contributed by atoms with Crippen molar-refractivity contribution < 1.29 is 4.84 Å². The minimum atomic E-state index is -0.0766. The van der Waals surface area contributed by atoms with Crippen LogP contribution in [0.5, 0.6) is 0 Å². The van der Waals surface area contributed by atoms with E-state index in [2.05, 4.69) is 31.2 Å². The highest BCUT2D eigenvalue weighted by Crippen LogP contribution is 2.27. The normalized spacial score (nSPS) is 33.0. The van der Waals surface area contributed by atoms with Gasteiger partial charge in [0.15, 0.2) is 0 Å². The van der Waals surface area contributed by atoms with Crippen molar-refractivity contribution in [3.63, 3.8) is 0 Å². The number of hydrogen-bond acceptors (Lipinski definition) is 3. The van der Waals surface area contributed by atoms with Gasteiger partial charge in [0.25, 0.3) is 0 Å². The van der Waals surface area contributed by atoms with E-state index in [4.69, 9.17) is 4.84 Å². The number of hydroxylamine groups is 1. The molecule has 2 rings (SSSR count). The standard InChI is InChI=1S/C12H24N2O/c1-12(2,3)15-13-10-6-8-14-7-4-5-11(14)9-10/h10-11,13H,4-9H2,1-3H3. The van der Waals surface area contributed by atoms with Gasteiger partial charge in [0, 0.05) is 12.1 Å². The fourth-order valence-corrected chi connectivity index (χ4v) is 2.59. The SMILES string of the molecule is CC(C)(C)ONC1CCN2CCCC2C1. The minimum Gasteiger partial charge on any atom is -0.300 e. The molecule has 0 amide bonds. The molecule has 15 heavy (non-hydrogen) atoms. The third-order valence-electron chi connectivity index (χ3n) is 3.35. The number of nitrogens with one attached hydrogen (secondary N) is 1. The van der Waals surface area contributed by atoms with E-state index >= 15 is 0 Å². The zero-order valence-corrected chi connectivity index (χ0v) is 10.3. The maximum absolute atomic E-state index is 5.65. The van der Waals surface area contributed by atoms with Crippen molar-refractivity contribution in [3.05, 3.63) is 0 Å². The Balaban J connectivity index is 1.75. The average Bonchev–Trinajstić information content (AvgIpc) is 2.60. The molecule has 0 bridgehead atoms. The van der Waals surface area contributed by atoms with Crippen LogP contribution in [-0.2, 0) is 4.84 Å². The lowest BCUT2D eigenvalue weighted by molar-refractivity contribution is -0.0974. The van der Waals surface area contributed by atoms with Crippen LogP contribution in [0, 0.1) is 0 Å². The molecule has 0 aromatic carbocycles. The van der Waals surface area contributed by atoms with Crippen LogP contribution in [0.3, 0.4) is 0 Å². The predicted molar refractivity (Wildman–Crippen MR) is 61.6 cm³/mol. The van der Waals surface area contributed by atoms with Gasteiger partial charge in [-0.2, -0.15) is 5.48 Å². The van der Waals surface area contributed by atoms with Crippen molar-refractivity contribution in [2.45, 2.75) is 64.1 Å². The van der Waals surface area contributed by atoms with Gasteiger partial charge in [0.05, 0.1) is 5.60 Å². The maximum atomic E-state index is 5.65. The smallest absolute Gasteiger partial charge is 0.0813 e. The molecule has 2 aliphatic rings. The van der Waals surface area contributed by atoms with E-state index in [1.54, 1.807) is 0 Å². The first-order valence-electron chi connectivity index (χ1n) is 6.22. The second-order valence-electron chi connectivity index (χ2n) is 5.89. The summed E-state index contributed by atoms with van der Waals surface area (Å²) in [5.74, 6) is 0. The molecular formula is C12H24N2O. The summed E-state index contributed by atoms with van der Waals surface area (Å²) < 4.78 is 0. The Morgan fingerprint density at radius 3 is 2.73 bits per heavy atom. The number of piperidine rings is 1. The lowest BCUT2D eigenvalue weighted by Crippen LogP contribution is -2.47. The highest BCUT2D eigenvalue weighted by molar-refractivity contribution is 4.88. The van der Waals surface area contributed by atoms with Crippen molar-refractivity contribution in [2.75, 3.05) is 13.1 Å². The lowest BCUT2D eigenvalue weighted by Gasteiger charge is -2.36. The van der Waals surface area contributed by atoms with Gasteiger partial charge in [0.2, 0.25) is 0 Å². The molecule has 2 saturated heterocycles. The Labute approximate surface area is 93.1 Å². The molecule has 3 nitrogen and oxygen atoms in total. The number of rotatable bonds is 2. The third-order valence-corrected chi connectivity index (χ3v) is 3.35. The minimum absolute atomic E-state index is 0.0766. The molecule has 0 aliphatic carbocycles. The second-order valence-corrected chi connectivity index (χ2v) is 5.89. The third kappa shape index (κ3) is 3.16. The Kier molecular flexibility index (Phi) is 3.33. The lowest BCUT2D eigenvalue weighted by atomic mass is 9.98. The van der Waals surface area contributed by atoms with Crippen molar-refractivity contribution >= 4 is 0 Å². The molecule has 0 spiro atoms. The maximum Gasteiger partial charge on any atom is 0.0813 e. The van der Waals surface area contributed by atoms with E-state index in [1.807, 2.05) is 0 Å². The molecule has 0 aromatic heterocycles. The molecule has 0 saturated carbocycles. The van der Waals surface area contributed by atoms with Gasteiger partial charge in [-0.15, -0.1) is 0 Å². The van der Waals surface area contributed by atoms with Crippen molar-refractivity contribution in [2.24, 2.45) is 0 Å². The van der Waals surface area contributed by atoms with Gasteiger partial charge in [-0.3, -0.25) is 4.84 Å². The molecule has 1 N–H and O–H groups in total. The average molecular weight is 212 g/mol. The molecule has 2 atom stereocenters. The Hall–Kier alpha value is -0.120. The van der Waals surface area contributed by atoms with E-state index in [0.29, 0.717) is 6.04 Å². The Bertz CT molecular complexity index is 212. The summed E-state index contributed by atoms with van der Waals surface area (Å²) >= 11 is 0. The van der Waals surface area contributed by atoms with Crippen LogP contribution >= 0.6 is 0 Å². The van der Waals surface area contributed by atoms with Gasteiger partial charge < -0.3 is 4.90 Å². The van der Waals surface area contributed by atoms with Gasteiger partial charge in [0.1, 0.15) is 0 Å². The Morgan fingerprint density at radius 1 is 1.20 bits per heavy atom. The summed E-state index contributed by atoms with van der Waals surface area (Å²) in [6.07, 6.45) is 5.26. The van der Waals surface area contributed by atoms with E-state index < -0.39 is 0 Å². The van der Waals surface area contributed by atoms with Crippen molar-refractivity contribution in [1.82, 2.24) is 10.4 Å². The summed E-state index contributed by atoms with van der Waals surface area (Å²) in [5, 5.41) is 0. The van der Waals surface area contributed by atoms with Crippen LogP contribution in [-0.4, -0.2) is 35.7 Å². The van der Waals surface area contributed by atoms with Gasteiger partial charge in [-0.1, -0.05) is 0 Å². The highest BCUT2D eigenvalue weighted by Gasteiger charge is 2.32. The van der Waals surface area contributed by atoms with E-state index in [9.17, 15) is 0 Å². The number of nitrogens with zero attached hydrogens (tertiary/aromatic N) is 1. The number of fused-ring (bicyclic) bond motifs is 1. The van der Waals surface area contributed by atoms with E-state index in [1.165, 1.54) is 38.8 Å². The van der Waals surface area contributed by atoms with E-state index in [-0.39, 0.29) is 5.60 Å². The second kappa shape index (κ2) is 4.40. The van der Waals surface area contributed by atoms with Gasteiger partial charge >= 0.3 is 0 Å². The van der Waals surface area contributed by atoms with Gasteiger partial charge in [-0.05, 0) is 59.5 Å². The zero-order valence-electron chi connectivity index (χ0n) is 10.3. The first-order chi connectivity index (χ1) is 7.04. The molecule has 3 heteroatoms. The summed E-state index contributed by atoms with van der Waals surface area (Å²) in [6.45, 7) is 8.83. The largest absolute Gasteiger partial charge is 0.300 e. The summed E-state index contributed by atoms with van der Waals surface area (Å²) in [7, 11) is 0. The number of hydrogen-bond donors (Lipinski definition) is 1. The predicted octanol–water partition coefficient (Wildman–Crippen LogP) is 1.93. The molecule has 2 fully saturated rings. The molecule has 2 heterocycles. The van der Waals surface area contributed by atoms with Crippen LogP contribution in [0.2, 0.25) is 0 Å².